The van der Waals surface area contributed by atoms with Gasteiger partial charge in [0, 0.05) is 76.8 Å². The molecule has 41 heavy (non-hydrogen) atoms. The molecule has 0 atom stereocenters. The van der Waals surface area contributed by atoms with Gasteiger partial charge < -0.3 is 31.1 Å². The average molecular weight is 564 g/mol. The zero-order chi connectivity index (χ0) is 29.4. The Kier molecular flexibility index (Phi) is 10.5. The van der Waals surface area contributed by atoms with Crippen LogP contribution in [0.4, 0.5) is 23.0 Å². The highest BCUT2D eigenvalue weighted by Crippen LogP contribution is 2.27. The van der Waals surface area contributed by atoms with Crippen LogP contribution in [-0.4, -0.2) is 109 Å². The average Bonchev–Trinajstić information content (AvgIpc) is 2.99. The minimum atomic E-state index is -0.634. The third-order valence-electron chi connectivity index (χ3n) is 8.06. The van der Waals surface area contributed by atoms with Gasteiger partial charge in [-0.15, -0.1) is 0 Å². The van der Waals surface area contributed by atoms with E-state index in [0.29, 0.717) is 42.9 Å². The molecule has 222 valence electrons. The monoisotopic (exact) mass is 563 g/mol. The van der Waals surface area contributed by atoms with E-state index < -0.39 is 5.91 Å². The first kappa shape index (κ1) is 30.3. The molecule has 11 nitrogen and oxygen atoms in total. The number of piperazine rings is 1. The number of hydrogen-bond acceptors (Lipinski definition) is 9. The number of benzene rings is 1. The molecule has 3 heterocycles. The second kappa shape index (κ2) is 14.3. The molecule has 2 aliphatic heterocycles. The van der Waals surface area contributed by atoms with Crippen LogP contribution < -0.4 is 21.3 Å². The first-order valence-corrected chi connectivity index (χ1v) is 14.7. The van der Waals surface area contributed by atoms with E-state index in [4.69, 9.17) is 10.7 Å². The van der Waals surface area contributed by atoms with Gasteiger partial charge in [0.25, 0.3) is 5.91 Å². The molecular formula is C30H45N9O2. The zero-order valence-electron chi connectivity index (χ0n) is 24.7. The molecule has 0 unspecified atom stereocenters. The molecule has 2 saturated heterocycles. The molecule has 1 aromatic heterocycles. The third-order valence-corrected chi connectivity index (χ3v) is 8.06. The molecule has 2 amide bonds. The Morgan fingerprint density at radius 2 is 1.76 bits per heavy atom. The van der Waals surface area contributed by atoms with Crippen LogP contribution in [0.3, 0.4) is 0 Å². The van der Waals surface area contributed by atoms with Crippen molar-refractivity contribution in [3.8, 4) is 0 Å². The third kappa shape index (κ3) is 7.95. The molecule has 2 fully saturated rings. The smallest absolute Gasteiger partial charge is 0.271 e. The topological polar surface area (TPSA) is 123 Å². The highest BCUT2D eigenvalue weighted by atomic mass is 16.2. The Hall–Kier alpha value is -3.70. The van der Waals surface area contributed by atoms with Crippen molar-refractivity contribution >= 4 is 34.8 Å². The molecule has 4 N–H and O–H groups in total. The van der Waals surface area contributed by atoms with Gasteiger partial charge in [-0.3, -0.25) is 14.5 Å². The molecule has 0 saturated carbocycles. The lowest BCUT2D eigenvalue weighted by molar-refractivity contribution is -0.124. The van der Waals surface area contributed by atoms with Crippen molar-refractivity contribution in [1.82, 2.24) is 24.7 Å². The number of aryl methyl sites for hydroxylation is 1. The number of carbonyl (C=O) groups is 2. The molecule has 0 radical (unpaired) electrons. The van der Waals surface area contributed by atoms with Gasteiger partial charge in [-0.2, -0.15) is 0 Å². The predicted octanol–water partition coefficient (Wildman–Crippen LogP) is 2.54. The summed E-state index contributed by atoms with van der Waals surface area (Å²) in [5, 5.41) is 6.56. The van der Waals surface area contributed by atoms with Crippen LogP contribution in [0.15, 0.2) is 36.9 Å². The van der Waals surface area contributed by atoms with Gasteiger partial charge in [0.1, 0.15) is 5.82 Å². The summed E-state index contributed by atoms with van der Waals surface area (Å²) in [6.45, 7) is 13.4. The normalized spacial score (nSPS) is 16.8. The number of nitrogens with zero attached hydrogens (tertiary/aromatic N) is 6. The van der Waals surface area contributed by atoms with Crippen LogP contribution in [0.5, 0.6) is 0 Å². The van der Waals surface area contributed by atoms with E-state index in [0.717, 1.165) is 38.3 Å². The highest BCUT2D eigenvalue weighted by molar-refractivity contribution is 5.96. The lowest BCUT2D eigenvalue weighted by Crippen LogP contribution is -2.52. The molecule has 4 rings (SSSR count). The number of likely N-dealkylation sites (N-methyl/N-ethyl adjacent to an activating group) is 2. The summed E-state index contributed by atoms with van der Waals surface area (Å²) in [7, 11) is 3.94. The number of rotatable bonds is 12. The van der Waals surface area contributed by atoms with Gasteiger partial charge in [0.2, 0.25) is 5.91 Å². The van der Waals surface area contributed by atoms with Crippen LogP contribution in [-0.2, 0) is 11.2 Å². The molecule has 0 spiro atoms. The van der Waals surface area contributed by atoms with Gasteiger partial charge >= 0.3 is 0 Å². The summed E-state index contributed by atoms with van der Waals surface area (Å²) in [4.78, 5) is 42.3. The van der Waals surface area contributed by atoms with Crippen molar-refractivity contribution < 1.29 is 9.59 Å². The van der Waals surface area contributed by atoms with Crippen molar-refractivity contribution in [3.05, 3.63) is 48.3 Å². The van der Waals surface area contributed by atoms with Crippen LogP contribution in [0.2, 0.25) is 0 Å². The minimum absolute atomic E-state index is 0.110. The van der Waals surface area contributed by atoms with E-state index >= 15 is 0 Å². The van der Waals surface area contributed by atoms with E-state index in [9.17, 15) is 9.59 Å². The number of nitrogens with one attached hydrogen (secondary N) is 2. The van der Waals surface area contributed by atoms with Gasteiger partial charge in [-0.1, -0.05) is 13.5 Å². The predicted molar refractivity (Wildman–Crippen MR) is 165 cm³/mol. The first-order valence-electron chi connectivity index (χ1n) is 14.7. The number of amides is 2. The maximum atomic E-state index is 12.2. The number of anilines is 4. The number of piperidine rings is 1. The fraction of sp³-hybridized carbons (Fsp3) is 0.533. The number of nitrogens with two attached hydrogens (primary N) is 1. The molecule has 0 bridgehead atoms. The standard InChI is InChI=1S/C30H45N9O2/c1-5-25-29(32-14-7-15-37(4)26(40)6-2)35-30(27(34-25)28(31)41)33-22-8-10-23(11-9-22)38-16-12-24(13-17-38)39-20-18-36(3)19-21-39/h6,8-11,24H,2,5,7,12-21H2,1,3-4H3,(H2,31,41)(H2,32,33,35). The zero-order valence-corrected chi connectivity index (χ0v) is 24.7. The van der Waals surface area contributed by atoms with E-state index in [1.54, 1.807) is 11.9 Å². The van der Waals surface area contributed by atoms with Crippen molar-refractivity contribution in [3.63, 3.8) is 0 Å². The lowest BCUT2D eigenvalue weighted by atomic mass is 10.0. The quantitative estimate of drug-likeness (QED) is 0.264. The van der Waals surface area contributed by atoms with Crippen molar-refractivity contribution in [2.24, 2.45) is 5.73 Å². The summed E-state index contributed by atoms with van der Waals surface area (Å²) < 4.78 is 0. The maximum Gasteiger partial charge on any atom is 0.271 e. The summed E-state index contributed by atoms with van der Waals surface area (Å²) in [6.07, 6.45) is 4.97. The van der Waals surface area contributed by atoms with E-state index in [2.05, 4.69) is 56.1 Å². The second-order valence-electron chi connectivity index (χ2n) is 10.9. The van der Waals surface area contributed by atoms with Gasteiger partial charge in [-0.25, -0.2) is 9.97 Å². The van der Waals surface area contributed by atoms with Gasteiger partial charge in [-0.05, 0) is 63.1 Å². The summed E-state index contributed by atoms with van der Waals surface area (Å²) in [5.74, 6) is 0.164. The Morgan fingerprint density at radius 3 is 2.37 bits per heavy atom. The lowest BCUT2D eigenvalue weighted by Gasteiger charge is -2.42. The molecule has 2 aliphatic rings. The van der Waals surface area contributed by atoms with Crippen LogP contribution >= 0.6 is 0 Å². The molecule has 1 aromatic carbocycles. The molecule has 11 heteroatoms. The van der Waals surface area contributed by atoms with Gasteiger partial charge in [0.15, 0.2) is 11.5 Å². The summed E-state index contributed by atoms with van der Waals surface area (Å²) >= 11 is 0. The summed E-state index contributed by atoms with van der Waals surface area (Å²) in [5.41, 5.74) is 8.44. The van der Waals surface area contributed by atoms with Crippen LogP contribution in [0.25, 0.3) is 0 Å². The Bertz CT molecular complexity index is 1190. The SMILES string of the molecule is C=CC(=O)N(C)CCCNc1nc(Nc2ccc(N3CCC(N4CCN(C)CC4)CC3)cc2)c(C(N)=O)nc1CC. The number of hydrogen-bond donors (Lipinski definition) is 3. The fourth-order valence-corrected chi connectivity index (χ4v) is 5.47. The number of primary amides is 1. The van der Waals surface area contributed by atoms with Crippen LogP contribution in [0.1, 0.15) is 42.4 Å². The summed E-state index contributed by atoms with van der Waals surface area (Å²) in [6, 6.07) is 8.90. The Balaban J connectivity index is 1.37. The minimum Gasteiger partial charge on any atom is -0.371 e. The van der Waals surface area contributed by atoms with Gasteiger partial charge in [0.05, 0.1) is 5.69 Å². The van der Waals surface area contributed by atoms with Crippen LogP contribution in [0, 0.1) is 0 Å². The Morgan fingerprint density at radius 1 is 1.07 bits per heavy atom. The largest absolute Gasteiger partial charge is 0.371 e. The molecule has 2 aromatic rings. The first-order chi connectivity index (χ1) is 19.8. The maximum absolute atomic E-state index is 12.2. The van der Waals surface area contributed by atoms with E-state index in [1.165, 1.54) is 37.7 Å². The van der Waals surface area contributed by atoms with Crippen molar-refractivity contribution in [1.29, 1.82) is 0 Å². The Labute approximate surface area is 243 Å². The number of aromatic nitrogens is 2. The fourth-order valence-electron chi connectivity index (χ4n) is 5.47. The van der Waals surface area contributed by atoms with Crippen molar-refractivity contribution in [2.45, 2.75) is 38.6 Å². The van der Waals surface area contributed by atoms with E-state index in [1.807, 2.05) is 19.1 Å². The van der Waals surface area contributed by atoms with Crippen molar-refractivity contribution in [2.75, 3.05) is 82.0 Å². The number of carbonyl (C=O) groups excluding carboxylic acids is 2. The van der Waals surface area contributed by atoms with E-state index in [-0.39, 0.29) is 11.6 Å². The molecule has 0 aliphatic carbocycles. The molecular weight excluding hydrogens is 518 g/mol. The highest BCUT2D eigenvalue weighted by Gasteiger charge is 2.27. The second-order valence-corrected chi connectivity index (χ2v) is 10.9.